The second-order valence-corrected chi connectivity index (χ2v) is 3.90. The van der Waals surface area contributed by atoms with Crippen molar-refractivity contribution in [3.05, 3.63) is 35.8 Å². The van der Waals surface area contributed by atoms with Gasteiger partial charge in [-0.2, -0.15) is 0 Å². The van der Waals surface area contributed by atoms with E-state index in [4.69, 9.17) is 4.74 Å². The fourth-order valence-electron chi connectivity index (χ4n) is 1.72. The zero-order chi connectivity index (χ0) is 11.0. The van der Waals surface area contributed by atoms with E-state index in [2.05, 4.69) is 9.97 Å². The molecule has 1 aromatic carbocycles. The number of ether oxygens (including phenoxy) is 1. The molecule has 3 rings (SSSR count). The average molecular weight is 214 g/mol. The fourth-order valence-corrected chi connectivity index (χ4v) is 1.72. The summed E-state index contributed by atoms with van der Waals surface area (Å²) in [6.07, 6.45) is 2.59. The van der Waals surface area contributed by atoms with E-state index in [0.717, 1.165) is 23.0 Å². The van der Waals surface area contributed by atoms with E-state index in [9.17, 15) is 4.79 Å². The van der Waals surface area contributed by atoms with E-state index in [1.807, 2.05) is 6.07 Å². The molecule has 2 heterocycles. The summed E-state index contributed by atoms with van der Waals surface area (Å²) in [4.78, 5) is 19.4. The topological polar surface area (TPSA) is 52.1 Å². The molecule has 0 N–H and O–H groups in total. The summed E-state index contributed by atoms with van der Waals surface area (Å²) in [6, 6.07) is 5.41. The molecule has 1 aliphatic rings. The first kappa shape index (κ1) is 9.42. The lowest BCUT2D eigenvalue weighted by Crippen LogP contribution is -2.26. The Morgan fingerprint density at radius 2 is 2.25 bits per heavy atom. The van der Waals surface area contributed by atoms with Gasteiger partial charge in [-0.15, -0.1) is 0 Å². The van der Waals surface area contributed by atoms with Crippen LogP contribution in [-0.2, 0) is 4.74 Å². The summed E-state index contributed by atoms with van der Waals surface area (Å²) in [5.41, 5.74) is 1.53. The van der Waals surface area contributed by atoms with E-state index in [1.165, 1.54) is 0 Å². The van der Waals surface area contributed by atoms with Crippen LogP contribution in [0.5, 0.6) is 0 Å². The SMILES string of the molecule is O=Cc1ccc2nc(C3COC3)ncc2c1. The highest BCUT2D eigenvalue weighted by atomic mass is 16.5. The first-order valence-electron chi connectivity index (χ1n) is 5.16. The van der Waals surface area contributed by atoms with Gasteiger partial charge >= 0.3 is 0 Å². The van der Waals surface area contributed by atoms with Crippen molar-refractivity contribution < 1.29 is 9.53 Å². The number of aldehydes is 1. The molecule has 0 saturated carbocycles. The average Bonchev–Trinajstić information content (AvgIpc) is 2.26. The molecule has 4 nitrogen and oxygen atoms in total. The first-order valence-corrected chi connectivity index (χ1v) is 5.16. The quantitative estimate of drug-likeness (QED) is 0.712. The zero-order valence-corrected chi connectivity index (χ0v) is 8.59. The van der Waals surface area contributed by atoms with Gasteiger partial charge in [-0.25, -0.2) is 9.97 Å². The van der Waals surface area contributed by atoms with Crippen LogP contribution < -0.4 is 0 Å². The number of hydrogen-bond acceptors (Lipinski definition) is 4. The molecular weight excluding hydrogens is 204 g/mol. The van der Waals surface area contributed by atoms with E-state index in [0.29, 0.717) is 24.7 Å². The maximum Gasteiger partial charge on any atom is 0.150 e. The Bertz CT molecular complexity index is 550. The second-order valence-electron chi connectivity index (χ2n) is 3.90. The van der Waals surface area contributed by atoms with Gasteiger partial charge in [-0.3, -0.25) is 4.79 Å². The van der Waals surface area contributed by atoms with E-state index in [-0.39, 0.29) is 0 Å². The lowest BCUT2D eigenvalue weighted by atomic mass is 10.1. The van der Waals surface area contributed by atoms with Gasteiger partial charge in [0.2, 0.25) is 0 Å². The molecule has 0 unspecified atom stereocenters. The smallest absolute Gasteiger partial charge is 0.150 e. The molecule has 0 spiro atoms. The van der Waals surface area contributed by atoms with Gasteiger partial charge in [0, 0.05) is 17.1 Å². The molecular formula is C12H10N2O2. The monoisotopic (exact) mass is 214 g/mol. The summed E-state index contributed by atoms with van der Waals surface area (Å²) in [7, 11) is 0. The molecule has 1 fully saturated rings. The Morgan fingerprint density at radius 1 is 1.38 bits per heavy atom. The third-order valence-electron chi connectivity index (χ3n) is 2.76. The molecule has 1 aromatic heterocycles. The number of carbonyl (C=O) groups excluding carboxylic acids is 1. The van der Waals surface area contributed by atoms with Crippen molar-refractivity contribution in [1.82, 2.24) is 9.97 Å². The number of fused-ring (bicyclic) bond motifs is 1. The normalized spacial score (nSPS) is 16.0. The summed E-state index contributed by atoms with van der Waals surface area (Å²) >= 11 is 0. The molecule has 1 saturated heterocycles. The van der Waals surface area contributed by atoms with E-state index >= 15 is 0 Å². The molecule has 2 aromatic rings. The van der Waals surface area contributed by atoms with Gasteiger partial charge in [0.15, 0.2) is 0 Å². The van der Waals surface area contributed by atoms with Crippen LogP contribution in [0.1, 0.15) is 22.1 Å². The summed E-state index contributed by atoms with van der Waals surface area (Å²) < 4.78 is 5.11. The molecule has 0 amide bonds. The number of carbonyl (C=O) groups is 1. The highest BCUT2D eigenvalue weighted by Gasteiger charge is 2.23. The van der Waals surface area contributed by atoms with Gasteiger partial charge in [0.1, 0.15) is 12.1 Å². The molecule has 1 aliphatic heterocycles. The minimum Gasteiger partial charge on any atom is -0.380 e. The van der Waals surface area contributed by atoms with Crippen molar-refractivity contribution in [2.45, 2.75) is 5.92 Å². The van der Waals surface area contributed by atoms with Crippen LogP contribution in [0.4, 0.5) is 0 Å². The van der Waals surface area contributed by atoms with Gasteiger partial charge in [-0.1, -0.05) is 0 Å². The lowest BCUT2D eigenvalue weighted by molar-refractivity contribution is 0.00499. The third kappa shape index (κ3) is 1.47. The van der Waals surface area contributed by atoms with Crippen molar-refractivity contribution in [1.29, 1.82) is 0 Å². The minimum atomic E-state index is 0.329. The van der Waals surface area contributed by atoms with Crippen molar-refractivity contribution >= 4 is 17.2 Å². The van der Waals surface area contributed by atoms with Crippen molar-refractivity contribution in [3.63, 3.8) is 0 Å². The number of nitrogens with zero attached hydrogens (tertiary/aromatic N) is 2. The predicted molar refractivity (Wildman–Crippen MR) is 58.5 cm³/mol. The summed E-state index contributed by atoms with van der Waals surface area (Å²) in [6.45, 7) is 1.41. The predicted octanol–water partition coefficient (Wildman–Crippen LogP) is 1.56. The lowest BCUT2D eigenvalue weighted by Gasteiger charge is -2.24. The maximum absolute atomic E-state index is 10.6. The molecule has 0 atom stereocenters. The standard InChI is InChI=1S/C12H10N2O2/c15-5-8-1-2-11-9(3-8)4-13-12(14-11)10-6-16-7-10/h1-5,10H,6-7H2. The van der Waals surface area contributed by atoms with Gasteiger partial charge in [0.05, 0.1) is 24.6 Å². The summed E-state index contributed by atoms with van der Waals surface area (Å²) in [5, 5.41) is 0.897. The fraction of sp³-hybridized carbons (Fsp3) is 0.250. The molecule has 0 radical (unpaired) electrons. The summed E-state index contributed by atoms with van der Waals surface area (Å²) in [5.74, 6) is 1.16. The number of aromatic nitrogens is 2. The zero-order valence-electron chi connectivity index (χ0n) is 8.59. The van der Waals surface area contributed by atoms with Crippen LogP contribution in [-0.4, -0.2) is 29.5 Å². The molecule has 16 heavy (non-hydrogen) atoms. The maximum atomic E-state index is 10.6. The van der Waals surface area contributed by atoms with E-state index < -0.39 is 0 Å². The number of hydrogen-bond donors (Lipinski definition) is 0. The number of rotatable bonds is 2. The third-order valence-corrected chi connectivity index (χ3v) is 2.76. The Balaban J connectivity index is 2.07. The van der Waals surface area contributed by atoms with Crippen LogP contribution in [0, 0.1) is 0 Å². The van der Waals surface area contributed by atoms with Gasteiger partial charge in [-0.05, 0) is 18.2 Å². The van der Waals surface area contributed by atoms with Crippen LogP contribution in [0.15, 0.2) is 24.4 Å². The Kier molecular flexibility index (Phi) is 2.15. The molecule has 0 bridgehead atoms. The molecule has 0 aliphatic carbocycles. The molecule has 80 valence electrons. The Morgan fingerprint density at radius 3 is 2.94 bits per heavy atom. The molecule has 4 heteroatoms. The van der Waals surface area contributed by atoms with Crippen molar-refractivity contribution in [2.24, 2.45) is 0 Å². The van der Waals surface area contributed by atoms with E-state index in [1.54, 1.807) is 18.3 Å². The second kappa shape index (κ2) is 3.64. The van der Waals surface area contributed by atoms with Crippen LogP contribution in [0.3, 0.4) is 0 Å². The van der Waals surface area contributed by atoms with Crippen molar-refractivity contribution in [3.8, 4) is 0 Å². The van der Waals surface area contributed by atoms with Crippen LogP contribution >= 0.6 is 0 Å². The van der Waals surface area contributed by atoms with Crippen molar-refractivity contribution in [2.75, 3.05) is 13.2 Å². The Hall–Kier alpha value is -1.81. The minimum absolute atomic E-state index is 0.329. The first-order chi connectivity index (χ1) is 7.86. The Labute approximate surface area is 92.3 Å². The highest BCUT2D eigenvalue weighted by molar-refractivity contribution is 5.86. The van der Waals surface area contributed by atoms with Gasteiger partial charge in [0.25, 0.3) is 0 Å². The highest BCUT2D eigenvalue weighted by Crippen LogP contribution is 2.22. The largest absolute Gasteiger partial charge is 0.380 e. The van der Waals surface area contributed by atoms with Crippen LogP contribution in [0.25, 0.3) is 10.9 Å². The number of benzene rings is 1. The van der Waals surface area contributed by atoms with Gasteiger partial charge < -0.3 is 4.74 Å². The van der Waals surface area contributed by atoms with Crippen LogP contribution in [0.2, 0.25) is 0 Å².